The van der Waals surface area contributed by atoms with Crippen LogP contribution < -0.4 is 5.56 Å². The summed E-state index contributed by atoms with van der Waals surface area (Å²) in [6, 6.07) is 9.86. The van der Waals surface area contributed by atoms with Gasteiger partial charge in [-0.25, -0.2) is 0 Å². The van der Waals surface area contributed by atoms with Crippen LogP contribution in [-0.2, 0) is 13.1 Å². The van der Waals surface area contributed by atoms with Crippen LogP contribution in [0.2, 0.25) is 10.0 Å². The van der Waals surface area contributed by atoms with Crippen molar-refractivity contribution >= 4 is 51.7 Å². The maximum atomic E-state index is 12.9. The molecule has 10 heteroatoms. The van der Waals surface area contributed by atoms with Gasteiger partial charge in [-0.2, -0.15) is 0 Å². The Morgan fingerprint density at radius 3 is 2.20 bits per heavy atom. The van der Waals surface area contributed by atoms with E-state index < -0.39 is 11.8 Å². The van der Waals surface area contributed by atoms with Crippen LogP contribution in [0.1, 0.15) is 33.5 Å². The number of imide groups is 1. The normalized spacial score (nSPS) is 13.6. The maximum absolute atomic E-state index is 12.9. The molecule has 0 N–H and O–H groups in total. The number of rotatable bonds is 3. The maximum Gasteiger partial charge on any atom is 0.262 e. The second-order valence-corrected chi connectivity index (χ2v) is 7.64. The molecule has 0 fully saturated rings. The lowest BCUT2D eigenvalue weighted by atomic mass is 10.1. The molecule has 30 heavy (non-hydrogen) atoms. The van der Waals surface area contributed by atoms with Crippen LogP contribution in [0.25, 0.3) is 16.7 Å². The molecule has 3 heterocycles. The van der Waals surface area contributed by atoms with Gasteiger partial charge in [-0.1, -0.05) is 35.3 Å². The molecular weight excluding hydrogens is 429 g/mol. The summed E-state index contributed by atoms with van der Waals surface area (Å²) < 4.78 is 3.20. The number of halogens is 2. The second-order valence-electron chi connectivity index (χ2n) is 6.83. The van der Waals surface area contributed by atoms with Gasteiger partial charge in [0.2, 0.25) is 5.78 Å². The van der Waals surface area contributed by atoms with E-state index in [9.17, 15) is 14.4 Å². The molecule has 0 aliphatic carbocycles. The number of hydrogen-bond acceptors (Lipinski definition) is 5. The third-order valence-electron chi connectivity index (χ3n) is 5.20. The van der Waals surface area contributed by atoms with Gasteiger partial charge in [-0.05, 0) is 31.2 Å². The van der Waals surface area contributed by atoms with Crippen molar-refractivity contribution in [2.45, 2.75) is 20.0 Å². The van der Waals surface area contributed by atoms with Gasteiger partial charge in [0.15, 0.2) is 5.82 Å². The molecule has 4 aromatic rings. The molecule has 0 bridgehead atoms. The zero-order valence-corrected chi connectivity index (χ0v) is 17.1. The van der Waals surface area contributed by atoms with E-state index in [1.807, 2.05) is 6.92 Å². The molecule has 1 aliphatic rings. The SMILES string of the molecule is CCn1c(=O)c2ccccc2n2c(CN3C(=O)c4cc(Cl)c(Cl)cc4C3=O)nnc12. The third-order valence-corrected chi connectivity index (χ3v) is 5.92. The zero-order chi connectivity index (χ0) is 21.2. The highest BCUT2D eigenvalue weighted by atomic mass is 35.5. The van der Waals surface area contributed by atoms with Gasteiger partial charge in [0.1, 0.15) is 0 Å². The largest absolute Gasteiger partial charge is 0.277 e. The minimum Gasteiger partial charge on any atom is -0.277 e. The number of hydrogen-bond donors (Lipinski definition) is 0. The van der Waals surface area contributed by atoms with Gasteiger partial charge < -0.3 is 0 Å². The van der Waals surface area contributed by atoms with Gasteiger partial charge in [-0.3, -0.25) is 28.3 Å². The molecule has 0 saturated heterocycles. The van der Waals surface area contributed by atoms with E-state index >= 15 is 0 Å². The summed E-state index contributed by atoms with van der Waals surface area (Å²) in [5.74, 6) is -0.272. The van der Waals surface area contributed by atoms with E-state index in [0.29, 0.717) is 29.0 Å². The number of nitrogens with zero attached hydrogens (tertiary/aromatic N) is 5. The smallest absolute Gasteiger partial charge is 0.262 e. The summed E-state index contributed by atoms with van der Waals surface area (Å²) in [6.07, 6.45) is 0. The Balaban J connectivity index is 1.67. The number of benzene rings is 2. The molecule has 8 nitrogen and oxygen atoms in total. The predicted octanol–water partition coefficient (Wildman–Crippen LogP) is 3.17. The average molecular weight is 442 g/mol. The Bertz CT molecular complexity index is 1420. The van der Waals surface area contributed by atoms with E-state index in [1.165, 1.54) is 16.7 Å². The van der Waals surface area contributed by atoms with Crippen LogP contribution in [0.15, 0.2) is 41.2 Å². The predicted molar refractivity (Wildman–Crippen MR) is 111 cm³/mol. The highest BCUT2D eigenvalue weighted by Gasteiger charge is 2.37. The first-order valence-electron chi connectivity index (χ1n) is 9.13. The lowest BCUT2D eigenvalue weighted by molar-refractivity contribution is 0.0638. The van der Waals surface area contributed by atoms with Crippen LogP contribution in [-0.4, -0.2) is 35.9 Å². The standard InChI is InChI=1S/C20H13Cl2N5O3/c1-2-25-17(28)10-5-3-4-6-15(10)27-16(23-24-20(25)27)9-26-18(29)11-7-13(21)14(22)8-12(11)19(26)30/h3-8H,2,9H2,1H3. The number of carbonyl (C=O) groups excluding carboxylic acids is 2. The Kier molecular flexibility index (Phi) is 4.16. The number of aromatic nitrogens is 4. The van der Waals surface area contributed by atoms with Gasteiger partial charge in [0.25, 0.3) is 17.4 Å². The molecule has 0 spiro atoms. The fourth-order valence-corrected chi connectivity index (χ4v) is 4.10. The Hall–Kier alpha value is -3.23. The zero-order valence-electron chi connectivity index (χ0n) is 15.6. The molecular formula is C20H13Cl2N5O3. The Labute approximate surface area is 179 Å². The lowest BCUT2D eigenvalue weighted by Gasteiger charge is -2.14. The van der Waals surface area contributed by atoms with E-state index in [4.69, 9.17) is 23.2 Å². The summed E-state index contributed by atoms with van der Waals surface area (Å²) in [5, 5.41) is 9.23. The molecule has 150 valence electrons. The molecule has 2 amide bonds. The molecule has 0 atom stereocenters. The first kappa shape index (κ1) is 18.8. The minimum atomic E-state index is -0.488. The monoisotopic (exact) mass is 441 g/mol. The number of fused-ring (bicyclic) bond motifs is 4. The van der Waals surface area contributed by atoms with Crippen LogP contribution >= 0.6 is 23.2 Å². The number of amides is 2. The first-order valence-corrected chi connectivity index (χ1v) is 9.88. The van der Waals surface area contributed by atoms with Crippen LogP contribution in [0.4, 0.5) is 0 Å². The van der Waals surface area contributed by atoms with E-state index in [-0.39, 0.29) is 33.3 Å². The quantitative estimate of drug-likeness (QED) is 0.455. The van der Waals surface area contributed by atoms with Gasteiger partial charge in [-0.15, -0.1) is 10.2 Å². The van der Waals surface area contributed by atoms with Crippen molar-refractivity contribution in [1.82, 2.24) is 24.1 Å². The van der Waals surface area contributed by atoms with Crippen molar-refractivity contribution in [3.8, 4) is 0 Å². The summed E-state index contributed by atoms with van der Waals surface area (Å²) in [4.78, 5) is 39.6. The van der Waals surface area contributed by atoms with E-state index in [0.717, 1.165) is 4.90 Å². The summed E-state index contributed by atoms with van der Waals surface area (Å²) in [5.41, 5.74) is 0.812. The van der Waals surface area contributed by atoms with Crippen LogP contribution in [0, 0.1) is 0 Å². The molecule has 0 saturated carbocycles. The number of carbonyl (C=O) groups is 2. The molecule has 1 aliphatic heterocycles. The van der Waals surface area contributed by atoms with Crippen LogP contribution in [0.3, 0.4) is 0 Å². The molecule has 5 rings (SSSR count). The van der Waals surface area contributed by atoms with Crippen molar-refractivity contribution in [2.75, 3.05) is 0 Å². The topological polar surface area (TPSA) is 89.6 Å². The minimum absolute atomic E-state index is 0.116. The Morgan fingerprint density at radius 2 is 1.57 bits per heavy atom. The molecule has 0 radical (unpaired) electrons. The van der Waals surface area contributed by atoms with Crippen molar-refractivity contribution in [2.24, 2.45) is 0 Å². The third kappa shape index (κ3) is 2.50. The van der Waals surface area contributed by atoms with Crippen LogP contribution in [0.5, 0.6) is 0 Å². The summed E-state index contributed by atoms with van der Waals surface area (Å²) >= 11 is 12.0. The van der Waals surface area contributed by atoms with Crippen molar-refractivity contribution in [3.63, 3.8) is 0 Å². The number of para-hydroxylation sites is 1. The highest BCUT2D eigenvalue weighted by molar-refractivity contribution is 6.43. The Morgan fingerprint density at radius 1 is 0.933 bits per heavy atom. The first-order chi connectivity index (χ1) is 14.4. The summed E-state index contributed by atoms with van der Waals surface area (Å²) in [6.45, 7) is 2.12. The van der Waals surface area contributed by atoms with Gasteiger partial charge in [0, 0.05) is 6.54 Å². The fourth-order valence-electron chi connectivity index (χ4n) is 3.77. The van der Waals surface area contributed by atoms with Crippen molar-refractivity contribution < 1.29 is 9.59 Å². The number of aryl methyl sites for hydroxylation is 1. The molecule has 2 aromatic carbocycles. The average Bonchev–Trinajstić information content (AvgIpc) is 3.25. The van der Waals surface area contributed by atoms with E-state index in [1.54, 1.807) is 28.7 Å². The molecule has 0 unspecified atom stereocenters. The molecule has 2 aromatic heterocycles. The van der Waals surface area contributed by atoms with E-state index in [2.05, 4.69) is 10.2 Å². The lowest BCUT2D eigenvalue weighted by Crippen LogP contribution is -2.30. The second kappa shape index (κ2) is 6.65. The van der Waals surface area contributed by atoms with Crippen molar-refractivity contribution in [3.05, 3.63) is 73.7 Å². The summed E-state index contributed by atoms with van der Waals surface area (Å²) in [7, 11) is 0. The van der Waals surface area contributed by atoms with Gasteiger partial charge in [0.05, 0.1) is 38.6 Å². The van der Waals surface area contributed by atoms with Gasteiger partial charge >= 0.3 is 0 Å². The highest BCUT2D eigenvalue weighted by Crippen LogP contribution is 2.32. The fraction of sp³-hybridized carbons (Fsp3) is 0.150. The van der Waals surface area contributed by atoms with Crippen molar-refractivity contribution in [1.29, 1.82) is 0 Å².